The van der Waals surface area contributed by atoms with Crippen molar-refractivity contribution in [2.75, 3.05) is 13.6 Å². The summed E-state index contributed by atoms with van der Waals surface area (Å²) in [6.07, 6.45) is 8.51. The zero-order chi connectivity index (χ0) is 13.9. The second-order valence-electron chi connectivity index (χ2n) is 6.47. The first-order valence-corrected chi connectivity index (χ1v) is 8.13. The molecule has 20 heavy (non-hydrogen) atoms. The fourth-order valence-corrected chi connectivity index (χ4v) is 4.19. The van der Waals surface area contributed by atoms with E-state index >= 15 is 0 Å². The zero-order valence-corrected chi connectivity index (χ0v) is 12.8. The highest BCUT2D eigenvalue weighted by Gasteiger charge is 2.40. The molecule has 3 nitrogen and oxygen atoms in total. The number of fused-ring (bicyclic) bond motifs is 2. The van der Waals surface area contributed by atoms with Crippen molar-refractivity contribution < 1.29 is 0 Å². The van der Waals surface area contributed by atoms with Gasteiger partial charge in [-0.15, -0.1) is 0 Å². The van der Waals surface area contributed by atoms with E-state index in [4.69, 9.17) is 0 Å². The molecule has 110 valence electrons. The first-order valence-electron chi connectivity index (χ1n) is 8.13. The smallest absolute Gasteiger partial charge is 0.0419 e. The summed E-state index contributed by atoms with van der Waals surface area (Å²) in [6.45, 7) is 3.27. The number of rotatable bonds is 5. The molecule has 2 aliphatic heterocycles. The van der Waals surface area contributed by atoms with Crippen molar-refractivity contribution >= 4 is 0 Å². The fourth-order valence-electron chi connectivity index (χ4n) is 4.19. The van der Waals surface area contributed by atoms with Crippen molar-refractivity contribution in [3.63, 3.8) is 0 Å². The van der Waals surface area contributed by atoms with Crippen LogP contribution in [0.15, 0.2) is 24.4 Å². The Bertz CT molecular complexity index is 406. The molecule has 0 amide bonds. The molecule has 1 N–H and O–H groups in total. The lowest BCUT2D eigenvalue weighted by Gasteiger charge is -2.40. The van der Waals surface area contributed by atoms with Gasteiger partial charge in [-0.2, -0.15) is 0 Å². The van der Waals surface area contributed by atoms with Gasteiger partial charge < -0.3 is 10.2 Å². The van der Waals surface area contributed by atoms with Gasteiger partial charge in [0.1, 0.15) is 0 Å². The van der Waals surface area contributed by atoms with Gasteiger partial charge in [-0.05, 0) is 57.3 Å². The molecule has 2 saturated heterocycles. The number of pyridine rings is 1. The largest absolute Gasteiger partial charge is 0.314 e. The number of piperidine rings is 1. The minimum Gasteiger partial charge on any atom is -0.314 e. The number of hydrogen-bond acceptors (Lipinski definition) is 3. The summed E-state index contributed by atoms with van der Waals surface area (Å²) in [5.41, 5.74) is 1.23. The van der Waals surface area contributed by atoms with Crippen LogP contribution in [0.2, 0.25) is 0 Å². The lowest BCUT2D eigenvalue weighted by Crippen LogP contribution is -2.47. The standard InChI is InChI=1S/C17H27N3/c1-3-18-17(12-14-6-4-5-9-19-14)13-10-15-7-8-16(11-13)20(15)2/h4-6,9,13,15-18H,3,7-8,10-12H2,1-2H3. The molecule has 2 fully saturated rings. The van der Waals surface area contributed by atoms with E-state index in [-0.39, 0.29) is 0 Å². The van der Waals surface area contributed by atoms with Crippen molar-refractivity contribution in [2.24, 2.45) is 5.92 Å². The van der Waals surface area contributed by atoms with Crippen molar-refractivity contribution in [1.82, 2.24) is 15.2 Å². The minimum atomic E-state index is 0.590. The van der Waals surface area contributed by atoms with Crippen LogP contribution in [0.4, 0.5) is 0 Å². The quantitative estimate of drug-likeness (QED) is 0.893. The number of nitrogens with one attached hydrogen (secondary N) is 1. The molecule has 0 saturated carbocycles. The molecule has 3 atom stereocenters. The van der Waals surface area contributed by atoms with Crippen molar-refractivity contribution in [1.29, 1.82) is 0 Å². The molecule has 3 unspecified atom stereocenters. The third-order valence-corrected chi connectivity index (χ3v) is 5.33. The van der Waals surface area contributed by atoms with E-state index in [1.807, 2.05) is 12.3 Å². The maximum absolute atomic E-state index is 4.51. The van der Waals surface area contributed by atoms with E-state index in [0.29, 0.717) is 6.04 Å². The Kier molecular flexibility index (Phi) is 4.37. The average Bonchev–Trinajstić information content (AvgIpc) is 2.69. The topological polar surface area (TPSA) is 28.2 Å². The van der Waals surface area contributed by atoms with E-state index in [2.05, 4.69) is 41.3 Å². The highest BCUT2D eigenvalue weighted by Crippen LogP contribution is 2.39. The third kappa shape index (κ3) is 2.89. The molecule has 1 aromatic heterocycles. The van der Waals surface area contributed by atoms with Crippen LogP contribution in [0.3, 0.4) is 0 Å². The van der Waals surface area contributed by atoms with Gasteiger partial charge in [-0.25, -0.2) is 0 Å². The lowest BCUT2D eigenvalue weighted by atomic mass is 9.83. The summed E-state index contributed by atoms with van der Waals surface area (Å²) < 4.78 is 0. The van der Waals surface area contributed by atoms with E-state index in [1.54, 1.807) is 0 Å². The highest BCUT2D eigenvalue weighted by molar-refractivity contribution is 5.07. The fraction of sp³-hybridized carbons (Fsp3) is 0.706. The van der Waals surface area contributed by atoms with Crippen molar-refractivity contribution in [2.45, 2.75) is 57.2 Å². The summed E-state index contributed by atoms with van der Waals surface area (Å²) >= 11 is 0. The molecule has 0 spiro atoms. The van der Waals surface area contributed by atoms with E-state index in [0.717, 1.165) is 31.0 Å². The van der Waals surface area contributed by atoms with Gasteiger partial charge in [-0.3, -0.25) is 4.98 Å². The molecule has 3 heterocycles. The Morgan fingerprint density at radius 3 is 2.65 bits per heavy atom. The molecular formula is C17H27N3. The predicted octanol–water partition coefficient (Wildman–Crippen LogP) is 2.48. The number of hydrogen-bond donors (Lipinski definition) is 1. The monoisotopic (exact) mass is 273 g/mol. The molecule has 3 heteroatoms. The maximum Gasteiger partial charge on any atom is 0.0419 e. The van der Waals surface area contributed by atoms with Gasteiger partial charge in [0.05, 0.1) is 0 Å². The van der Waals surface area contributed by atoms with Gasteiger partial charge in [0.15, 0.2) is 0 Å². The van der Waals surface area contributed by atoms with E-state index < -0.39 is 0 Å². The van der Waals surface area contributed by atoms with Crippen LogP contribution in [0.25, 0.3) is 0 Å². The van der Waals surface area contributed by atoms with Crippen LogP contribution in [0, 0.1) is 5.92 Å². The SMILES string of the molecule is CCNC(Cc1ccccn1)C1CC2CCC(C1)N2C. The normalized spacial score (nSPS) is 31.4. The lowest BCUT2D eigenvalue weighted by molar-refractivity contribution is 0.112. The first kappa shape index (κ1) is 14.0. The molecule has 3 rings (SSSR count). The molecule has 2 bridgehead atoms. The Morgan fingerprint density at radius 2 is 2.05 bits per heavy atom. The van der Waals surface area contributed by atoms with E-state index in [9.17, 15) is 0 Å². The second-order valence-corrected chi connectivity index (χ2v) is 6.47. The summed E-state index contributed by atoms with van der Waals surface area (Å²) in [5, 5.41) is 3.73. The van der Waals surface area contributed by atoms with Crippen LogP contribution in [-0.2, 0) is 6.42 Å². The molecule has 0 aliphatic carbocycles. The van der Waals surface area contributed by atoms with Crippen molar-refractivity contribution in [3.05, 3.63) is 30.1 Å². The number of aromatic nitrogens is 1. The Morgan fingerprint density at radius 1 is 1.30 bits per heavy atom. The zero-order valence-electron chi connectivity index (χ0n) is 12.8. The maximum atomic E-state index is 4.51. The Hall–Kier alpha value is -0.930. The summed E-state index contributed by atoms with van der Waals surface area (Å²) in [7, 11) is 2.32. The van der Waals surface area contributed by atoms with Crippen LogP contribution >= 0.6 is 0 Å². The first-order chi connectivity index (χ1) is 9.78. The van der Waals surface area contributed by atoms with Gasteiger partial charge in [0.2, 0.25) is 0 Å². The highest BCUT2D eigenvalue weighted by atomic mass is 15.2. The molecule has 0 aromatic carbocycles. The van der Waals surface area contributed by atoms with Crippen LogP contribution in [-0.4, -0.2) is 41.6 Å². The van der Waals surface area contributed by atoms with Crippen molar-refractivity contribution in [3.8, 4) is 0 Å². The van der Waals surface area contributed by atoms with Gasteiger partial charge in [0.25, 0.3) is 0 Å². The average molecular weight is 273 g/mol. The number of nitrogens with zero attached hydrogens (tertiary/aromatic N) is 2. The van der Waals surface area contributed by atoms with Crippen LogP contribution in [0.1, 0.15) is 38.3 Å². The Labute approximate surface area is 122 Å². The predicted molar refractivity (Wildman–Crippen MR) is 82.7 cm³/mol. The summed E-state index contributed by atoms with van der Waals surface area (Å²) in [5.74, 6) is 0.811. The van der Waals surface area contributed by atoms with Gasteiger partial charge in [0, 0.05) is 36.4 Å². The molecule has 0 radical (unpaired) electrons. The van der Waals surface area contributed by atoms with Crippen LogP contribution in [0.5, 0.6) is 0 Å². The molecule has 1 aromatic rings. The second kappa shape index (κ2) is 6.23. The van der Waals surface area contributed by atoms with Gasteiger partial charge >= 0.3 is 0 Å². The molecule has 2 aliphatic rings. The number of likely N-dealkylation sites (N-methyl/N-ethyl adjacent to an activating group) is 1. The Balaban J connectivity index is 1.68. The summed E-state index contributed by atoms with van der Waals surface area (Å²) in [4.78, 5) is 7.14. The van der Waals surface area contributed by atoms with Crippen LogP contribution < -0.4 is 5.32 Å². The third-order valence-electron chi connectivity index (χ3n) is 5.33. The molecular weight excluding hydrogens is 246 g/mol. The van der Waals surface area contributed by atoms with Gasteiger partial charge in [-0.1, -0.05) is 13.0 Å². The minimum absolute atomic E-state index is 0.590. The summed E-state index contributed by atoms with van der Waals surface area (Å²) in [6, 6.07) is 8.50. The van der Waals surface area contributed by atoms with E-state index in [1.165, 1.54) is 31.4 Å².